The zero-order valence-corrected chi connectivity index (χ0v) is 13.7. The molecule has 1 aliphatic rings. The number of esters is 1. The fourth-order valence-electron chi connectivity index (χ4n) is 2.68. The van der Waals surface area contributed by atoms with Crippen LogP contribution in [0.4, 0.5) is 8.78 Å². The van der Waals surface area contributed by atoms with Crippen molar-refractivity contribution in [3.63, 3.8) is 0 Å². The summed E-state index contributed by atoms with van der Waals surface area (Å²) < 4.78 is 57.5. The van der Waals surface area contributed by atoms with Crippen LogP contribution in [-0.4, -0.2) is 37.9 Å². The van der Waals surface area contributed by atoms with Crippen molar-refractivity contribution < 1.29 is 26.7 Å². The summed E-state index contributed by atoms with van der Waals surface area (Å²) in [6.07, 6.45) is -1.19. The van der Waals surface area contributed by atoms with Crippen LogP contribution >= 0.6 is 11.6 Å². The Morgan fingerprint density at radius 3 is 2.41 bits per heavy atom. The second-order valence-corrected chi connectivity index (χ2v) is 7.63. The highest BCUT2D eigenvalue weighted by Gasteiger charge is 2.55. The number of alkyl halides is 2. The van der Waals surface area contributed by atoms with Crippen molar-refractivity contribution in [1.82, 2.24) is 9.71 Å². The lowest BCUT2D eigenvalue weighted by molar-refractivity contribution is -0.121. The van der Waals surface area contributed by atoms with Gasteiger partial charge in [-0.2, -0.15) is 0 Å². The number of aromatic nitrogens is 1. The third-order valence-electron chi connectivity index (χ3n) is 3.41. The van der Waals surface area contributed by atoms with Crippen LogP contribution in [0.3, 0.4) is 0 Å². The first-order chi connectivity index (χ1) is 9.91. The summed E-state index contributed by atoms with van der Waals surface area (Å²) in [5.41, 5.74) is -1.33. The number of nitrogens with one attached hydrogen (secondary N) is 2. The van der Waals surface area contributed by atoms with E-state index in [1.165, 1.54) is 13.8 Å². The molecule has 0 saturated heterocycles. The van der Waals surface area contributed by atoms with E-state index < -0.39 is 40.3 Å². The number of hydrogen-bond acceptors (Lipinski definition) is 4. The topological polar surface area (TPSA) is 88.3 Å². The number of carbonyl (C=O) groups is 1. The zero-order valence-electron chi connectivity index (χ0n) is 12.1. The van der Waals surface area contributed by atoms with E-state index in [2.05, 4.69) is 14.4 Å². The second kappa shape index (κ2) is 5.17. The van der Waals surface area contributed by atoms with Crippen molar-refractivity contribution in [2.24, 2.45) is 0 Å². The van der Waals surface area contributed by atoms with Gasteiger partial charge in [-0.3, -0.25) is 0 Å². The molecule has 22 heavy (non-hydrogen) atoms. The van der Waals surface area contributed by atoms with Gasteiger partial charge in [-0.05, 0) is 13.8 Å². The van der Waals surface area contributed by atoms with E-state index in [9.17, 15) is 22.0 Å². The molecule has 0 bridgehead atoms. The number of aryl methyl sites for hydroxylation is 1. The molecular formula is C12H15ClF2N2O4S. The van der Waals surface area contributed by atoms with Gasteiger partial charge >= 0.3 is 5.97 Å². The van der Waals surface area contributed by atoms with Crippen LogP contribution in [-0.2, 0) is 14.8 Å². The predicted molar refractivity (Wildman–Crippen MR) is 74.8 cm³/mol. The average molecular weight is 357 g/mol. The number of H-pyrrole nitrogens is 1. The minimum absolute atomic E-state index is 0.118. The van der Waals surface area contributed by atoms with Crippen LogP contribution in [0.25, 0.3) is 0 Å². The quantitative estimate of drug-likeness (QED) is 0.810. The van der Waals surface area contributed by atoms with Gasteiger partial charge in [0.15, 0.2) is 0 Å². The highest BCUT2D eigenvalue weighted by Crippen LogP contribution is 2.46. The molecule has 0 aliphatic heterocycles. The first kappa shape index (κ1) is 17.2. The highest BCUT2D eigenvalue weighted by atomic mass is 35.5. The van der Waals surface area contributed by atoms with Gasteiger partial charge in [-0.25, -0.2) is 26.7 Å². The summed E-state index contributed by atoms with van der Waals surface area (Å²) in [7, 11) is -3.04. The maximum Gasteiger partial charge on any atom is 0.356 e. The molecule has 2 N–H and O–H groups in total. The molecule has 0 spiro atoms. The fraction of sp³-hybridized carbons (Fsp3) is 0.583. The molecule has 10 heteroatoms. The van der Waals surface area contributed by atoms with Gasteiger partial charge in [-0.15, -0.1) is 0 Å². The molecule has 124 valence electrons. The lowest BCUT2D eigenvalue weighted by Crippen LogP contribution is -2.60. The molecule has 1 aliphatic carbocycles. The van der Waals surface area contributed by atoms with E-state index in [4.69, 9.17) is 11.6 Å². The third-order valence-corrected chi connectivity index (χ3v) is 5.71. The first-order valence-electron chi connectivity index (χ1n) is 6.29. The van der Waals surface area contributed by atoms with Crippen molar-refractivity contribution >= 4 is 27.6 Å². The standard InChI is InChI=1S/C12H15ClF2N2O4S/c1-6-9(7(13)8(16-6)10(18)21-3)22(19,20)17-11(2)4-12(14,15)5-11/h16-17H,4-5H2,1-3H3. The molecule has 2 rings (SSSR count). The number of halogens is 3. The van der Waals surface area contributed by atoms with Crippen molar-refractivity contribution in [1.29, 1.82) is 0 Å². The van der Waals surface area contributed by atoms with Crippen molar-refractivity contribution in [2.45, 2.75) is 43.0 Å². The third kappa shape index (κ3) is 2.97. The van der Waals surface area contributed by atoms with Crippen molar-refractivity contribution in [3.8, 4) is 0 Å². The second-order valence-electron chi connectivity index (χ2n) is 5.64. The number of carbonyl (C=O) groups excluding carboxylic acids is 1. The molecule has 0 aromatic carbocycles. The summed E-state index contributed by atoms with van der Waals surface area (Å²) in [4.78, 5) is 13.7. The molecule has 1 aromatic rings. The van der Waals surface area contributed by atoms with E-state index in [0.717, 1.165) is 7.11 Å². The average Bonchev–Trinajstić information content (AvgIpc) is 2.60. The lowest BCUT2D eigenvalue weighted by Gasteiger charge is -2.44. The SMILES string of the molecule is COC(=O)c1[nH]c(C)c(S(=O)(=O)NC2(C)CC(F)(F)C2)c1Cl. The monoisotopic (exact) mass is 356 g/mol. The van der Waals surface area contributed by atoms with Crippen molar-refractivity contribution in [2.75, 3.05) is 7.11 Å². The van der Waals surface area contributed by atoms with Gasteiger partial charge in [0, 0.05) is 24.1 Å². The van der Waals surface area contributed by atoms with Gasteiger partial charge in [0.2, 0.25) is 10.0 Å². The number of rotatable bonds is 4. The maximum atomic E-state index is 13.0. The highest BCUT2D eigenvalue weighted by molar-refractivity contribution is 7.89. The Kier molecular flexibility index (Phi) is 4.04. The van der Waals surface area contributed by atoms with E-state index >= 15 is 0 Å². The molecule has 0 amide bonds. The van der Waals surface area contributed by atoms with E-state index in [1.54, 1.807) is 0 Å². The molecule has 1 heterocycles. The van der Waals surface area contributed by atoms with Crippen LogP contribution in [0.1, 0.15) is 35.9 Å². The summed E-state index contributed by atoms with van der Waals surface area (Å²) >= 11 is 5.93. The van der Waals surface area contributed by atoms with Gasteiger partial charge < -0.3 is 9.72 Å². The van der Waals surface area contributed by atoms with Gasteiger partial charge in [-0.1, -0.05) is 11.6 Å². The van der Waals surface area contributed by atoms with Gasteiger partial charge in [0.25, 0.3) is 5.92 Å². The Balaban J connectivity index is 2.35. The van der Waals surface area contributed by atoms with E-state index in [1.807, 2.05) is 0 Å². The Hall–Kier alpha value is -1.19. The number of sulfonamides is 1. The van der Waals surface area contributed by atoms with Crippen LogP contribution in [0.15, 0.2) is 4.90 Å². The van der Waals surface area contributed by atoms with Crippen LogP contribution in [0.2, 0.25) is 5.02 Å². The first-order valence-corrected chi connectivity index (χ1v) is 8.15. The van der Waals surface area contributed by atoms with Crippen LogP contribution in [0, 0.1) is 6.92 Å². The Bertz CT molecular complexity index is 722. The zero-order chi connectivity index (χ0) is 16.9. The molecule has 0 unspecified atom stereocenters. The van der Waals surface area contributed by atoms with E-state index in [-0.39, 0.29) is 21.3 Å². The summed E-state index contributed by atoms with van der Waals surface area (Å²) in [5, 5.41) is -0.327. The number of hydrogen-bond donors (Lipinski definition) is 2. The Morgan fingerprint density at radius 2 is 1.95 bits per heavy atom. The predicted octanol–water partition coefficient (Wildman–Crippen LogP) is 2.23. The smallest absolute Gasteiger partial charge is 0.356 e. The minimum Gasteiger partial charge on any atom is -0.464 e. The number of methoxy groups -OCH3 is 1. The molecule has 6 nitrogen and oxygen atoms in total. The maximum absolute atomic E-state index is 13.0. The van der Waals surface area contributed by atoms with Gasteiger partial charge in [0.05, 0.1) is 12.1 Å². The van der Waals surface area contributed by atoms with E-state index in [0.29, 0.717) is 0 Å². The molecule has 1 aromatic heterocycles. The molecule has 1 saturated carbocycles. The largest absolute Gasteiger partial charge is 0.464 e. The summed E-state index contributed by atoms with van der Waals surface area (Å²) in [6.45, 7) is 2.80. The van der Waals surface area contributed by atoms with Crippen molar-refractivity contribution in [3.05, 3.63) is 16.4 Å². The van der Waals surface area contributed by atoms with Crippen LogP contribution in [0.5, 0.6) is 0 Å². The molecule has 0 atom stereocenters. The van der Waals surface area contributed by atoms with Crippen LogP contribution < -0.4 is 4.72 Å². The Morgan fingerprint density at radius 1 is 1.41 bits per heavy atom. The Labute approximate surface area is 131 Å². The summed E-state index contributed by atoms with van der Waals surface area (Å²) in [5.74, 6) is -3.71. The number of aromatic amines is 1. The lowest BCUT2D eigenvalue weighted by atomic mass is 9.76. The fourth-order valence-corrected chi connectivity index (χ4v) is 4.94. The molecule has 1 fully saturated rings. The minimum atomic E-state index is -4.17. The number of ether oxygens (including phenoxy) is 1. The molecule has 0 radical (unpaired) electrons. The summed E-state index contributed by atoms with van der Waals surface area (Å²) in [6, 6.07) is 0. The molecular weight excluding hydrogens is 342 g/mol. The van der Waals surface area contributed by atoms with Gasteiger partial charge in [0.1, 0.15) is 10.6 Å². The normalized spacial score (nSPS) is 19.5.